The van der Waals surface area contributed by atoms with Crippen LogP contribution in [0.2, 0.25) is 5.15 Å². The average molecular weight is 248 g/mol. The Hall–Kier alpha value is -1.87. The highest BCUT2D eigenvalue weighted by atomic mass is 35.5. The van der Waals surface area contributed by atoms with Gasteiger partial charge in [-0.2, -0.15) is 0 Å². The molecule has 0 fully saturated rings. The van der Waals surface area contributed by atoms with Crippen LogP contribution in [-0.2, 0) is 11.2 Å². The Kier molecular flexibility index (Phi) is 3.40. The standard InChI is InChI=1S/C13H10ClNO2/c14-13-11(8-12(16)17)10(6-7-15-13)9-4-2-1-3-5-9/h1-7H,8H2,(H,16,17). The van der Waals surface area contributed by atoms with Crippen molar-refractivity contribution in [2.45, 2.75) is 6.42 Å². The van der Waals surface area contributed by atoms with Crippen molar-refractivity contribution in [1.82, 2.24) is 4.98 Å². The number of nitrogens with zero attached hydrogens (tertiary/aromatic N) is 1. The molecule has 4 heteroatoms. The summed E-state index contributed by atoms with van der Waals surface area (Å²) in [6.07, 6.45) is 1.45. The van der Waals surface area contributed by atoms with Gasteiger partial charge in [-0.3, -0.25) is 4.79 Å². The third kappa shape index (κ3) is 2.63. The van der Waals surface area contributed by atoms with E-state index in [2.05, 4.69) is 4.98 Å². The Morgan fingerprint density at radius 3 is 2.59 bits per heavy atom. The van der Waals surface area contributed by atoms with Crippen LogP contribution in [-0.4, -0.2) is 16.1 Å². The van der Waals surface area contributed by atoms with E-state index < -0.39 is 5.97 Å². The highest BCUT2D eigenvalue weighted by Gasteiger charge is 2.12. The minimum absolute atomic E-state index is 0.128. The van der Waals surface area contributed by atoms with Gasteiger partial charge < -0.3 is 5.11 Å². The molecule has 3 nitrogen and oxygen atoms in total. The van der Waals surface area contributed by atoms with Gasteiger partial charge in [-0.25, -0.2) is 4.98 Å². The van der Waals surface area contributed by atoms with Crippen molar-refractivity contribution in [2.75, 3.05) is 0 Å². The minimum Gasteiger partial charge on any atom is -0.481 e. The Morgan fingerprint density at radius 2 is 1.94 bits per heavy atom. The molecule has 0 atom stereocenters. The van der Waals surface area contributed by atoms with E-state index >= 15 is 0 Å². The molecule has 1 heterocycles. The van der Waals surface area contributed by atoms with Crippen LogP contribution >= 0.6 is 11.6 Å². The fraction of sp³-hybridized carbons (Fsp3) is 0.0769. The highest BCUT2D eigenvalue weighted by molar-refractivity contribution is 6.30. The van der Waals surface area contributed by atoms with E-state index in [4.69, 9.17) is 16.7 Å². The molecule has 0 aliphatic rings. The first kappa shape index (κ1) is 11.6. The number of benzene rings is 1. The monoisotopic (exact) mass is 247 g/mol. The van der Waals surface area contributed by atoms with Crippen LogP contribution in [0.4, 0.5) is 0 Å². The molecule has 0 saturated carbocycles. The predicted octanol–water partition coefficient (Wildman–Crippen LogP) is 3.03. The second-order valence-corrected chi connectivity index (χ2v) is 3.92. The Bertz CT molecular complexity index is 540. The van der Waals surface area contributed by atoms with Crippen LogP contribution < -0.4 is 0 Å². The molecule has 0 bridgehead atoms. The molecule has 1 N–H and O–H groups in total. The zero-order valence-corrected chi connectivity index (χ0v) is 9.69. The zero-order valence-electron chi connectivity index (χ0n) is 8.93. The second kappa shape index (κ2) is 4.97. The van der Waals surface area contributed by atoms with Gasteiger partial charge in [-0.05, 0) is 17.2 Å². The van der Waals surface area contributed by atoms with Gasteiger partial charge in [0.15, 0.2) is 0 Å². The Balaban J connectivity index is 2.54. The number of rotatable bonds is 3. The lowest BCUT2D eigenvalue weighted by molar-refractivity contribution is -0.136. The number of aromatic nitrogens is 1. The number of hydrogen-bond donors (Lipinski definition) is 1. The van der Waals surface area contributed by atoms with Gasteiger partial charge >= 0.3 is 5.97 Å². The van der Waals surface area contributed by atoms with Gasteiger partial charge in [-0.15, -0.1) is 0 Å². The average Bonchev–Trinajstić information content (AvgIpc) is 2.32. The van der Waals surface area contributed by atoms with Crippen molar-refractivity contribution in [2.24, 2.45) is 0 Å². The first-order valence-electron chi connectivity index (χ1n) is 5.09. The van der Waals surface area contributed by atoms with E-state index in [9.17, 15) is 4.79 Å². The zero-order chi connectivity index (χ0) is 12.3. The summed E-state index contributed by atoms with van der Waals surface area (Å²) in [6.45, 7) is 0. The van der Waals surface area contributed by atoms with Crippen LogP contribution in [0, 0.1) is 0 Å². The predicted molar refractivity (Wildman–Crippen MR) is 66.0 cm³/mol. The van der Waals surface area contributed by atoms with Gasteiger partial charge in [0.05, 0.1) is 6.42 Å². The topological polar surface area (TPSA) is 50.2 Å². The van der Waals surface area contributed by atoms with Gasteiger partial charge in [0.2, 0.25) is 0 Å². The summed E-state index contributed by atoms with van der Waals surface area (Å²) in [5.74, 6) is -0.919. The highest BCUT2D eigenvalue weighted by Crippen LogP contribution is 2.27. The second-order valence-electron chi connectivity index (χ2n) is 3.56. The largest absolute Gasteiger partial charge is 0.481 e. The first-order chi connectivity index (χ1) is 8.18. The molecular weight excluding hydrogens is 238 g/mol. The summed E-state index contributed by atoms with van der Waals surface area (Å²) < 4.78 is 0. The number of carbonyl (C=O) groups is 1. The van der Waals surface area contributed by atoms with Crippen molar-refractivity contribution in [3.63, 3.8) is 0 Å². The lowest BCUT2D eigenvalue weighted by atomic mass is 10.00. The summed E-state index contributed by atoms with van der Waals surface area (Å²) >= 11 is 5.95. The maximum atomic E-state index is 10.8. The molecule has 0 radical (unpaired) electrons. The molecular formula is C13H10ClNO2. The van der Waals surface area contributed by atoms with E-state index in [-0.39, 0.29) is 11.6 Å². The lowest BCUT2D eigenvalue weighted by Crippen LogP contribution is -2.03. The Morgan fingerprint density at radius 1 is 1.24 bits per heavy atom. The minimum atomic E-state index is -0.919. The molecule has 17 heavy (non-hydrogen) atoms. The van der Waals surface area contributed by atoms with Crippen molar-refractivity contribution in [1.29, 1.82) is 0 Å². The van der Waals surface area contributed by atoms with Gasteiger partial charge in [0.25, 0.3) is 0 Å². The fourth-order valence-corrected chi connectivity index (χ4v) is 1.90. The van der Waals surface area contributed by atoms with Crippen molar-refractivity contribution >= 4 is 17.6 Å². The van der Waals surface area contributed by atoms with E-state index in [1.54, 1.807) is 12.3 Å². The molecule has 86 valence electrons. The SMILES string of the molecule is O=C(O)Cc1c(-c2ccccc2)ccnc1Cl. The maximum absolute atomic E-state index is 10.8. The van der Waals surface area contributed by atoms with Crippen LogP contribution in [0.1, 0.15) is 5.56 Å². The van der Waals surface area contributed by atoms with Crippen LogP contribution in [0.15, 0.2) is 42.6 Å². The normalized spacial score (nSPS) is 10.2. The van der Waals surface area contributed by atoms with Gasteiger partial charge in [0, 0.05) is 11.8 Å². The van der Waals surface area contributed by atoms with Crippen molar-refractivity contribution in [3.8, 4) is 11.1 Å². The molecule has 0 aliphatic carbocycles. The molecule has 0 amide bonds. The lowest BCUT2D eigenvalue weighted by Gasteiger charge is -2.08. The number of carboxylic acids is 1. The number of hydrogen-bond acceptors (Lipinski definition) is 2. The maximum Gasteiger partial charge on any atom is 0.307 e. The molecule has 0 saturated heterocycles. The fourth-order valence-electron chi connectivity index (χ4n) is 1.67. The molecule has 1 aromatic heterocycles. The Labute approximate surface area is 104 Å². The first-order valence-corrected chi connectivity index (χ1v) is 5.47. The molecule has 1 aromatic carbocycles. The number of halogens is 1. The molecule has 2 rings (SSSR count). The van der Waals surface area contributed by atoms with Gasteiger partial charge in [0.1, 0.15) is 5.15 Å². The van der Waals surface area contributed by atoms with E-state index in [1.165, 1.54) is 0 Å². The number of pyridine rings is 1. The molecule has 0 unspecified atom stereocenters. The van der Waals surface area contributed by atoms with Crippen LogP contribution in [0.25, 0.3) is 11.1 Å². The third-order valence-electron chi connectivity index (χ3n) is 2.42. The van der Waals surface area contributed by atoms with E-state index in [0.717, 1.165) is 11.1 Å². The summed E-state index contributed by atoms with van der Waals surface area (Å²) in [6, 6.07) is 11.3. The van der Waals surface area contributed by atoms with Crippen molar-refractivity contribution in [3.05, 3.63) is 53.3 Å². The van der Waals surface area contributed by atoms with E-state index in [0.29, 0.717) is 5.56 Å². The summed E-state index contributed by atoms with van der Waals surface area (Å²) in [4.78, 5) is 14.7. The number of aliphatic carboxylic acids is 1. The van der Waals surface area contributed by atoms with E-state index in [1.807, 2.05) is 30.3 Å². The number of carboxylic acid groups (broad SMARTS) is 1. The van der Waals surface area contributed by atoms with Crippen LogP contribution in [0.3, 0.4) is 0 Å². The third-order valence-corrected chi connectivity index (χ3v) is 2.74. The van der Waals surface area contributed by atoms with Crippen LogP contribution in [0.5, 0.6) is 0 Å². The summed E-state index contributed by atoms with van der Waals surface area (Å²) in [5.41, 5.74) is 2.30. The summed E-state index contributed by atoms with van der Waals surface area (Å²) in [5, 5.41) is 9.12. The smallest absolute Gasteiger partial charge is 0.307 e. The molecule has 0 spiro atoms. The summed E-state index contributed by atoms with van der Waals surface area (Å²) in [7, 11) is 0. The quantitative estimate of drug-likeness (QED) is 0.849. The molecule has 2 aromatic rings. The molecule has 0 aliphatic heterocycles. The van der Waals surface area contributed by atoms with Gasteiger partial charge in [-0.1, -0.05) is 41.9 Å². The van der Waals surface area contributed by atoms with Crippen molar-refractivity contribution < 1.29 is 9.90 Å².